The van der Waals surface area contributed by atoms with Crippen LogP contribution < -0.4 is 0 Å². The molecule has 0 aromatic rings. The van der Waals surface area contributed by atoms with Crippen LogP contribution in [0, 0.1) is 0 Å². The molecule has 0 spiro atoms. The smallest absolute Gasteiger partial charge is 0.463 e. The maximum Gasteiger partial charge on any atom is 0.472 e. The molecule has 714 valence electrons. The molecule has 125 heavy (non-hydrogen) atoms. The molecule has 0 saturated heterocycles. The van der Waals surface area contributed by atoms with Crippen molar-refractivity contribution in [2.75, 3.05) is 39.6 Å². The Balaban J connectivity index is 4.59. The minimum atomic E-state index is -4.95. The van der Waals surface area contributed by atoms with E-state index in [4.69, 9.17) is 32.3 Å². The van der Waals surface area contributed by atoms with E-state index in [1.807, 2.05) is 0 Å². The zero-order valence-corrected chi connectivity index (χ0v) is 80.7. The molecule has 0 heterocycles. The van der Waals surface area contributed by atoms with Gasteiger partial charge >= 0.3 is 33.6 Å². The molecule has 4 N–H and O–H groups in total. The maximum absolute atomic E-state index is 13.1. The largest absolute Gasteiger partial charge is 0.472 e. The lowest BCUT2D eigenvalue weighted by atomic mass is 10.0. The molecule has 0 fully saturated rings. The molecule has 0 bridgehead atoms. The van der Waals surface area contributed by atoms with Crippen molar-refractivity contribution < 1.29 is 75.8 Å². The summed E-state index contributed by atoms with van der Waals surface area (Å²) in [5.74, 6) is -1.58. The molecule has 0 aliphatic heterocycles. The predicted octanol–water partition coefficient (Wildman–Crippen LogP) is 31.3. The van der Waals surface area contributed by atoms with Crippen LogP contribution in [0.15, 0.2) is 194 Å². The van der Waals surface area contributed by atoms with Crippen molar-refractivity contribution >= 4 is 33.6 Å². The van der Waals surface area contributed by atoms with Crippen LogP contribution in [0.25, 0.3) is 0 Å². The summed E-state index contributed by atoms with van der Waals surface area (Å²) in [6.07, 6.45) is 131. The summed E-state index contributed by atoms with van der Waals surface area (Å²) >= 11 is 0. The molecule has 0 aromatic heterocycles. The monoisotopic (exact) mass is 1780 g/mol. The van der Waals surface area contributed by atoms with Gasteiger partial charge in [-0.3, -0.25) is 32.5 Å². The lowest BCUT2D eigenvalue weighted by molar-refractivity contribution is -0.161. The first-order chi connectivity index (χ1) is 61.2. The summed E-state index contributed by atoms with van der Waals surface area (Å²) in [6.45, 7) is 2.38. The fraction of sp³-hybridized carbons (Fsp3) is 0.673. The van der Waals surface area contributed by atoms with Crippen molar-refractivity contribution in [3.05, 3.63) is 194 Å². The average molecular weight is 1780 g/mol. The number of phosphoric ester groups is 2. The Kier molecular flexibility index (Phi) is 93.1. The zero-order valence-electron chi connectivity index (χ0n) is 79.0. The van der Waals surface area contributed by atoms with Crippen molar-refractivity contribution in [3.8, 4) is 0 Å². The highest BCUT2D eigenvalue weighted by Gasteiger charge is 2.30. The number of hydrogen-bond acceptors (Lipinski definition) is 14. The quantitative estimate of drug-likeness (QED) is 0.0146. The Morgan fingerprint density at radius 1 is 0.224 bits per heavy atom. The molecule has 0 aliphatic rings. The number of carbonyl (C=O) groups is 3. The SMILES string of the molecule is CC/C=C\C/C=C\C/C=C\C/C=C\C/C=C\C/C=C\CCCCCCCCCCC(=O)OCC(COP(=O)(O)OCC(O)COP(=O)(O)OCC(O)COC(=O)CCCCCCCCCCCCCCCCCCCCC/C=C\C/C=C\C/C=C\C/C=C\C/C=C\CC)OC(=O)CCCCCCCCCCCCC/C=C\C/C=C\C/C=C\C/C=C\C/C=C\CC. The minimum Gasteiger partial charge on any atom is -0.463 e. The van der Waals surface area contributed by atoms with Gasteiger partial charge < -0.3 is 34.2 Å². The highest BCUT2D eigenvalue weighted by Crippen LogP contribution is 2.45. The predicted molar refractivity (Wildman–Crippen MR) is 528 cm³/mol. The maximum atomic E-state index is 13.1. The van der Waals surface area contributed by atoms with Crippen LogP contribution in [0.1, 0.15) is 406 Å². The third-order valence-corrected chi connectivity index (χ3v) is 22.7. The summed E-state index contributed by atoms with van der Waals surface area (Å²) < 4.78 is 61.6. The highest BCUT2D eigenvalue weighted by molar-refractivity contribution is 7.47. The molecular weight excluding hydrogens is 1600 g/mol. The Hall–Kier alpha value is -5.61. The van der Waals surface area contributed by atoms with Crippen molar-refractivity contribution in [1.82, 2.24) is 0 Å². The Labute approximate surface area is 763 Å². The first-order valence-electron chi connectivity index (χ1n) is 49.7. The summed E-state index contributed by atoms with van der Waals surface area (Å²) in [5, 5.41) is 20.8. The molecule has 18 heteroatoms. The number of unbranched alkanes of at least 4 members (excludes halogenated alkanes) is 38. The van der Waals surface area contributed by atoms with Gasteiger partial charge in [-0.15, -0.1) is 0 Å². The van der Waals surface area contributed by atoms with Gasteiger partial charge in [0.05, 0.1) is 26.4 Å². The lowest BCUT2D eigenvalue weighted by Gasteiger charge is -2.21. The van der Waals surface area contributed by atoms with Gasteiger partial charge in [0.1, 0.15) is 25.4 Å². The molecule has 0 radical (unpaired) electrons. The van der Waals surface area contributed by atoms with Crippen LogP contribution in [0.4, 0.5) is 0 Å². The molecule has 16 nitrogen and oxygen atoms in total. The minimum absolute atomic E-state index is 0.0927. The van der Waals surface area contributed by atoms with Gasteiger partial charge in [0, 0.05) is 19.3 Å². The number of hydrogen-bond donors (Lipinski definition) is 4. The second kappa shape index (κ2) is 97.4. The summed E-state index contributed by atoms with van der Waals surface area (Å²) in [7, 11) is -9.82. The number of rotatable bonds is 93. The summed E-state index contributed by atoms with van der Waals surface area (Å²) in [4.78, 5) is 59.2. The van der Waals surface area contributed by atoms with Gasteiger partial charge in [-0.25, -0.2) is 9.13 Å². The van der Waals surface area contributed by atoms with Crippen molar-refractivity contribution in [2.24, 2.45) is 0 Å². The molecular formula is C107H180O16P2. The Morgan fingerprint density at radius 3 is 0.632 bits per heavy atom. The molecule has 0 amide bonds. The van der Waals surface area contributed by atoms with Gasteiger partial charge in [0.25, 0.3) is 0 Å². The topological polar surface area (TPSA) is 231 Å². The van der Waals surface area contributed by atoms with E-state index in [1.54, 1.807) is 0 Å². The number of ether oxygens (including phenoxy) is 3. The Morgan fingerprint density at radius 2 is 0.400 bits per heavy atom. The number of carbonyl (C=O) groups excluding carboxylic acids is 3. The van der Waals surface area contributed by atoms with Crippen LogP contribution in [-0.2, 0) is 55.8 Å². The number of allylic oxidation sites excluding steroid dienone is 32. The van der Waals surface area contributed by atoms with Crippen LogP contribution >= 0.6 is 15.6 Å². The van der Waals surface area contributed by atoms with Crippen LogP contribution in [0.2, 0.25) is 0 Å². The van der Waals surface area contributed by atoms with Crippen molar-refractivity contribution in [1.29, 1.82) is 0 Å². The molecule has 0 aromatic carbocycles. The van der Waals surface area contributed by atoms with Gasteiger partial charge in [-0.2, -0.15) is 0 Å². The number of esters is 3. The van der Waals surface area contributed by atoms with Crippen molar-refractivity contribution in [2.45, 2.75) is 424 Å². The van der Waals surface area contributed by atoms with E-state index in [1.165, 1.54) is 154 Å². The Bertz CT molecular complexity index is 3050. The van der Waals surface area contributed by atoms with E-state index in [0.717, 1.165) is 193 Å². The molecule has 0 aliphatic carbocycles. The molecule has 0 saturated carbocycles. The van der Waals surface area contributed by atoms with Crippen molar-refractivity contribution in [3.63, 3.8) is 0 Å². The third kappa shape index (κ3) is 98.8. The second-order valence-corrected chi connectivity index (χ2v) is 35.7. The van der Waals surface area contributed by atoms with E-state index in [2.05, 4.69) is 215 Å². The van der Waals surface area contributed by atoms with Crippen LogP contribution in [0.3, 0.4) is 0 Å². The summed E-state index contributed by atoms with van der Waals surface area (Å²) in [5.41, 5.74) is 0. The molecule has 0 rings (SSSR count). The van der Waals surface area contributed by atoms with Gasteiger partial charge in [-0.1, -0.05) is 421 Å². The summed E-state index contributed by atoms with van der Waals surface area (Å²) in [6, 6.07) is 0. The normalized spacial score (nSPS) is 14.5. The number of phosphoric acid groups is 2. The molecule has 5 atom stereocenters. The van der Waals surface area contributed by atoms with E-state index in [9.17, 15) is 43.5 Å². The van der Waals surface area contributed by atoms with Crippen LogP contribution in [-0.4, -0.2) is 95.9 Å². The second-order valence-electron chi connectivity index (χ2n) is 32.8. The lowest BCUT2D eigenvalue weighted by Crippen LogP contribution is -2.30. The fourth-order valence-electron chi connectivity index (χ4n) is 13.4. The fourth-order valence-corrected chi connectivity index (χ4v) is 15.0. The first-order valence-corrected chi connectivity index (χ1v) is 52.7. The molecule has 5 unspecified atom stereocenters. The van der Waals surface area contributed by atoms with E-state index in [0.29, 0.717) is 19.3 Å². The highest BCUT2D eigenvalue weighted by atomic mass is 31.2. The van der Waals surface area contributed by atoms with Crippen LogP contribution in [0.5, 0.6) is 0 Å². The standard InChI is InChI=1S/C107H180O16P2/c1-4-7-10-13-16-19-22-25-28-31-34-37-40-43-46-47-48-49-50-51-52-53-56-58-60-63-66-69-72-75-78-81-84-87-90-93-105(110)117-96-102(108)97-119-124(113,114)120-98-103(109)99-121-125(115,116)122-101-104(123-107(112)95-92-89-86-83-80-77-74-71-68-65-62-59-55-45-42-39-36-33-30-27-24-21-18-15-12-9-6-3)100-118-106(111)94-91-88-85-82-79-76-73-70-67-64-61-57-54-44-41-38-35-32-29-26-23-20-17-14-11-8-5-2/h7-12,16-21,25-30,34-39,43-46,54-55,61,64,102-104,108-109H,4-6,13-15,22-24,31-33,40-42,47-53,56-60,62-63,65-101H2,1-3H3,(H,113,114)(H,115,116)/b10-7-,11-8-,12-9-,19-16-,20-17-,21-18-,28-25-,29-26-,30-27-,37-34-,38-35-,39-36-,46-43-,54-44-,55-45-,64-61-. The van der Waals surface area contributed by atoms with E-state index >= 15 is 0 Å². The van der Waals surface area contributed by atoms with Gasteiger partial charge in [0.15, 0.2) is 6.10 Å². The number of aliphatic hydroxyl groups is 2. The van der Waals surface area contributed by atoms with Gasteiger partial charge in [0.2, 0.25) is 0 Å². The van der Waals surface area contributed by atoms with E-state index < -0.39 is 91.5 Å². The first kappa shape index (κ1) is 119. The van der Waals surface area contributed by atoms with Gasteiger partial charge in [-0.05, 0) is 161 Å². The zero-order chi connectivity index (χ0) is 90.7. The third-order valence-electron chi connectivity index (χ3n) is 20.8. The average Bonchev–Trinajstić information content (AvgIpc) is 0.886. The number of aliphatic hydroxyl groups excluding tert-OH is 2. The van der Waals surface area contributed by atoms with E-state index in [-0.39, 0.29) is 19.3 Å².